The number of fused-ring (bicyclic) bond motifs is 6. The molecule has 1 aliphatic heterocycles. The third-order valence-electron chi connectivity index (χ3n) is 8.19. The van der Waals surface area contributed by atoms with Crippen LogP contribution in [0.2, 0.25) is 0 Å². The second-order valence-corrected chi connectivity index (χ2v) is 12.2. The van der Waals surface area contributed by atoms with E-state index >= 15 is 0 Å². The van der Waals surface area contributed by atoms with Gasteiger partial charge in [0.2, 0.25) is 0 Å². The molecule has 0 aromatic heterocycles. The van der Waals surface area contributed by atoms with Crippen LogP contribution in [0, 0.1) is 34.9 Å². The molecule has 0 atom stereocenters. The molecule has 0 radical (unpaired) electrons. The van der Waals surface area contributed by atoms with Gasteiger partial charge in [-0.3, -0.25) is 0 Å². The van der Waals surface area contributed by atoms with Gasteiger partial charge in [-0.15, -0.1) is 0 Å². The second kappa shape index (κ2) is 16.3. The molecule has 6 aromatic carbocycles. The van der Waals surface area contributed by atoms with Crippen LogP contribution in [0.1, 0.15) is 62.1 Å². The number of rotatable bonds is 0. The van der Waals surface area contributed by atoms with E-state index in [0.29, 0.717) is 36.4 Å². The van der Waals surface area contributed by atoms with Crippen LogP contribution in [0.5, 0.6) is 34.5 Å². The Morgan fingerprint density at radius 3 is 0.500 bits per heavy atom. The van der Waals surface area contributed by atoms with E-state index in [1.165, 1.54) is 0 Å². The summed E-state index contributed by atoms with van der Waals surface area (Å²) in [6.45, 7) is 0. The lowest BCUT2D eigenvalue weighted by atomic mass is 10.1. The standard InChI is InChI=1S/C42H18F6O12/c43-19-1-7-31-25(13-19)37(49)56-33-9-3-21(45)15-27(33)39(51)58-35-11-5-23(47)17-29(35)41(53)60-36-12-6-24(48)18-30(36)42(54)59-34-10-4-22(46)16-28(34)40(52)57-32-8-2-20(44)14-26(32)38(50)55-31/h1-18H. The van der Waals surface area contributed by atoms with Crippen molar-refractivity contribution < 1.29 is 83.5 Å². The predicted molar refractivity (Wildman–Crippen MR) is 188 cm³/mol. The van der Waals surface area contributed by atoms with E-state index in [9.17, 15) is 55.1 Å². The van der Waals surface area contributed by atoms with E-state index in [-0.39, 0.29) is 0 Å². The average Bonchev–Trinajstić information content (AvgIpc) is 3.21. The highest BCUT2D eigenvalue weighted by atomic mass is 19.1. The molecule has 0 fully saturated rings. The molecule has 1 aliphatic rings. The van der Waals surface area contributed by atoms with Gasteiger partial charge in [-0.2, -0.15) is 0 Å². The van der Waals surface area contributed by atoms with E-state index in [2.05, 4.69) is 0 Å². The fourth-order valence-corrected chi connectivity index (χ4v) is 5.43. The van der Waals surface area contributed by atoms with Gasteiger partial charge in [-0.05, 0) is 109 Å². The van der Waals surface area contributed by atoms with Crippen LogP contribution in [0.4, 0.5) is 26.3 Å². The molecule has 0 unspecified atom stereocenters. The zero-order valence-corrected chi connectivity index (χ0v) is 29.6. The Kier molecular flexibility index (Phi) is 10.8. The Morgan fingerprint density at radius 2 is 0.367 bits per heavy atom. The average molecular weight is 829 g/mol. The van der Waals surface area contributed by atoms with Gasteiger partial charge in [-0.1, -0.05) is 0 Å². The van der Waals surface area contributed by atoms with Crippen LogP contribution >= 0.6 is 0 Å². The molecule has 300 valence electrons. The highest BCUT2D eigenvalue weighted by Gasteiger charge is 2.29. The smallest absolute Gasteiger partial charge is 0.347 e. The zero-order chi connectivity index (χ0) is 42.8. The number of ether oxygens (including phenoxy) is 6. The maximum Gasteiger partial charge on any atom is 0.347 e. The summed E-state index contributed by atoms with van der Waals surface area (Å²) in [6, 6.07) is 12.4. The lowest BCUT2D eigenvalue weighted by Gasteiger charge is -2.16. The van der Waals surface area contributed by atoms with Gasteiger partial charge in [0.05, 0.1) is 0 Å². The molecule has 0 N–H and O–H groups in total. The number of halogens is 6. The quantitative estimate of drug-likeness (QED) is 0.0824. The van der Waals surface area contributed by atoms with E-state index in [4.69, 9.17) is 28.4 Å². The fourth-order valence-electron chi connectivity index (χ4n) is 5.43. The third-order valence-corrected chi connectivity index (χ3v) is 8.19. The summed E-state index contributed by atoms with van der Waals surface area (Å²) in [7, 11) is 0. The minimum absolute atomic E-state index is 0.540. The summed E-state index contributed by atoms with van der Waals surface area (Å²) in [5, 5.41) is 0. The van der Waals surface area contributed by atoms with Crippen LogP contribution in [0.3, 0.4) is 0 Å². The van der Waals surface area contributed by atoms with Crippen LogP contribution in [-0.4, -0.2) is 35.8 Å². The molecule has 60 heavy (non-hydrogen) atoms. The van der Waals surface area contributed by atoms with Gasteiger partial charge >= 0.3 is 35.8 Å². The van der Waals surface area contributed by atoms with E-state index in [1.54, 1.807) is 0 Å². The molecule has 0 saturated heterocycles. The number of esters is 6. The molecule has 12 nitrogen and oxygen atoms in total. The molecule has 0 spiro atoms. The van der Waals surface area contributed by atoms with Gasteiger partial charge < -0.3 is 28.4 Å². The lowest BCUT2D eigenvalue weighted by Crippen LogP contribution is -2.20. The molecule has 1 heterocycles. The monoisotopic (exact) mass is 828 g/mol. The molecule has 0 bridgehead atoms. The summed E-state index contributed by atoms with van der Waals surface area (Å²) >= 11 is 0. The predicted octanol–water partition coefficient (Wildman–Crippen LogP) is 8.15. The first-order valence-corrected chi connectivity index (χ1v) is 16.7. The Labute approximate surface area is 331 Å². The molecule has 7 rings (SSSR count). The highest BCUT2D eigenvalue weighted by Crippen LogP contribution is 2.32. The van der Waals surface area contributed by atoms with Crippen LogP contribution in [0.25, 0.3) is 0 Å². The van der Waals surface area contributed by atoms with Gasteiger partial charge in [-0.25, -0.2) is 55.1 Å². The summed E-state index contributed by atoms with van der Waals surface area (Å²) in [5.74, 6) is -20.0. The Morgan fingerprint density at radius 1 is 0.233 bits per heavy atom. The Hall–Kier alpha value is -8.28. The normalized spacial score (nSPS) is 13.5. The van der Waals surface area contributed by atoms with Crippen molar-refractivity contribution in [3.8, 4) is 34.5 Å². The van der Waals surface area contributed by atoms with Crippen molar-refractivity contribution in [3.05, 3.63) is 177 Å². The first-order chi connectivity index (χ1) is 28.6. The van der Waals surface area contributed by atoms with Crippen molar-refractivity contribution in [2.45, 2.75) is 0 Å². The van der Waals surface area contributed by atoms with Crippen molar-refractivity contribution >= 4 is 35.8 Å². The number of benzene rings is 6. The van der Waals surface area contributed by atoms with Crippen molar-refractivity contribution in [1.82, 2.24) is 0 Å². The largest absolute Gasteiger partial charge is 0.422 e. The molecule has 0 saturated carbocycles. The van der Waals surface area contributed by atoms with Crippen molar-refractivity contribution in [2.75, 3.05) is 0 Å². The first kappa shape index (κ1) is 39.9. The Bertz CT molecular complexity index is 2330. The molecular weight excluding hydrogens is 810 g/mol. The zero-order valence-electron chi connectivity index (χ0n) is 29.6. The molecule has 0 amide bonds. The summed E-state index contributed by atoms with van der Waals surface area (Å²) < 4.78 is 119. The second-order valence-electron chi connectivity index (χ2n) is 12.2. The highest BCUT2D eigenvalue weighted by molar-refractivity contribution is 6.03. The van der Waals surface area contributed by atoms with Gasteiger partial charge in [0.1, 0.15) is 103 Å². The maximum absolute atomic E-state index is 14.5. The minimum Gasteiger partial charge on any atom is -0.422 e. The summed E-state index contributed by atoms with van der Waals surface area (Å²) in [5.41, 5.74) is -4.96. The van der Waals surface area contributed by atoms with Crippen molar-refractivity contribution in [3.63, 3.8) is 0 Å². The topological polar surface area (TPSA) is 158 Å². The number of carbonyl (C=O) groups is 6. The van der Waals surface area contributed by atoms with Crippen molar-refractivity contribution in [2.24, 2.45) is 0 Å². The van der Waals surface area contributed by atoms with Crippen LogP contribution in [-0.2, 0) is 0 Å². The number of hydrogen-bond acceptors (Lipinski definition) is 12. The summed E-state index contributed by atoms with van der Waals surface area (Å²) in [6.07, 6.45) is 0. The SMILES string of the molecule is O=C1Oc2ccc(F)cc2C(=O)Oc2ccc(F)cc2C(=O)Oc2ccc(F)cc2C(=O)Oc2ccc(F)cc2C(=O)Oc2ccc(F)cc2C(=O)Oc2ccc(F)cc21. The molecule has 0 aliphatic carbocycles. The number of hydrogen-bond donors (Lipinski definition) is 0. The third kappa shape index (κ3) is 8.52. The number of carbonyl (C=O) groups excluding carboxylic acids is 6. The summed E-state index contributed by atoms with van der Waals surface area (Å²) in [4.78, 5) is 80.9. The van der Waals surface area contributed by atoms with E-state index in [0.717, 1.165) is 72.8 Å². The van der Waals surface area contributed by atoms with E-state index < -0.39 is 139 Å². The van der Waals surface area contributed by atoms with Gasteiger partial charge in [0.25, 0.3) is 0 Å². The molecule has 6 aromatic rings. The minimum atomic E-state index is -1.52. The Balaban J connectivity index is 1.37. The van der Waals surface area contributed by atoms with Gasteiger partial charge in [0.15, 0.2) is 0 Å². The van der Waals surface area contributed by atoms with Crippen LogP contribution < -0.4 is 28.4 Å². The van der Waals surface area contributed by atoms with E-state index in [1.807, 2.05) is 0 Å². The van der Waals surface area contributed by atoms with Crippen LogP contribution in [0.15, 0.2) is 109 Å². The lowest BCUT2D eigenvalue weighted by molar-refractivity contribution is 0.0686. The molecular formula is C42H18F6O12. The van der Waals surface area contributed by atoms with Crippen molar-refractivity contribution in [1.29, 1.82) is 0 Å². The van der Waals surface area contributed by atoms with Gasteiger partial charge in [0, 0.05) is 0 Å². The fraction of sp³-hybridized carbons (Fsp3) is 0. The first-order valence-electron chi connectivity index (χ1n) is 16.7. The molecule has 18 heteroatoms. The maximum atomic E-state index is 14.5.